The summed E-state index contributed by atoms with van der Waals surface area (Å²) in [5.74, 6) is 0.567. The molecule has 0 bridgehead atoms. The van der Waals surface area contributed by atoms with Crippen LogP contribution in [0.4, 0.5) is 4.39 Å². The molecule has 1 aliphatic heterocycles. The molecule has 8 heteroatoms. The number of carbonyl (C=O) groups excluding carboxylic acids is 2. The molecule has 1 aliphatic rings. The van der Waals surface area contributed by atoms with Crippen LogP contribution in [0.25, 0.3) is 0 Å². The molecule has 1 unspecified atom stereocenters. The Morgan fingerprint density at radius 2 is 1.62 bits per heavy atom. The molecule has 29 heavy (non-hydrogen) atoms. The Morgan fingerprint density at radius 1 is 1.00 bits per heavy atom. The summed E-state index contributed by atoms with van der Waals surface area (Å²) in [6, 6.07) is 12.8. The number of benzene rings is 2. The van der Waals surface area contributed by atoms with Crippen molar-refractivity contribution < 1.29 is 22.9 Å². The van der Waals surface area contributed by atoms with Gasteiger partial charge in [-0.15, -0.1) is 0 Å². The lowest BCUT2D eigenvalue weighted by Gasteiger charge is -2.34. The van der Waals surface area contributed by atoms with Gasteiger partial charge in [-0.05, 0) is 30.3 Å². The molecule has 0 spiro atoms. The van der Waals surface area contributed by atoms with Gasteiger partial charge in [0.25, 0.3) is 0 Å². The fourth-order valence-corrected chi connectivity index (χ4v) is 4.22. The lowest BCUT2D eigenvalue weighted by Crippen LogP contribution is -2.51. The van der Waals surface area contributed by atoms with Gasteiger partial charge in [0, 0.05) is 49.5 Å². The molecule has 3 rings (SSSR count). The van der Waals surface area contributed by atoms with Gasteiger partial charge in [0.15, 0.2) is 0 Å². The maximum absolute atomic E-state index is 13.1. The standard InChI is InChI=1S/C21H23FN2O4S/c1-16(25)23-10-12-24(13-11-23)21(26)15-29(27)14-17-4-2-3-5-20(17)28-19-8-6-18(22)7-9-19/h2-9H,10-15H2,1H3. The van der Waals surface area contributed by atoms with Gasteiger partial charge in [0.1, 0.15) is 23.1 Å². The Hall–Kier alpha value is -2.74. The highest BCUT2D eigenvalue weighted by Gasteiger charge is 2.23. The molecule has 2 amide bonds. The van der Waals surface area contributed by atoms with E-state index < -0.39 is 10.8 Å². The first-order valence-corrected chi connectivity index (χ1v) is 10.8. The highest BCUT2D eigenvalue weighted by molar-refractivity contribution is 7.84. The molecule has 1 atom stereocenters. The molecule has 2 aromatic rings. The minimum atomic E-state index is -1.40. The Morgan fingerprint density at radius 3 is 2.28 bits per heavy atom. The molecular weight excluding hydrogens is 395 g/mol. The van der Waals surface area contributed by atoms with E-state index in [1.165, 1.54) is 31.2 Å². The number of rotatable bonds is 6. The minimum Gasteiger partial charge on any atom is -0.457 e. The Balaban J connectivity index is 1.57. The van der Waals surface area contributed by atoms with Crippen LogP contribution in [0, 0.1) is 5.82 Å². The predicted octanol–water partition coefficient (Wildman–Crippen LogP) is 2.56. The average molecular weight is 418 g/mol. The van der Waals surface area contributed by atoms with Gasteiger partial charge in [0.05, 0.1) is 5.75 Å². The number of hydrogen-bond donors (Lipinski definition) is 0. The van der Waals surface area contributed by atoms with Crippen molar-refractivity contribution in [3.05, 3.63) is 59.9 Å². The molecule has 0 saturated carbocycles. The highest BCUT2D eigenvalue weighted by Crippen LogP contribution is 2.26. The summed E-state index contributed by atoms with van der Waals surface area (Å²) in [6.45, 7) is 3.43. The topological polar surface area (TPSA) is 66.9 Å². The summed E-state index contributed by atoms with van der Waals surface area (Å²) in [4.78, 5) is 27.2. The second kappa shape index (κ2) is 9.65. The van der Waals surface area contributed by atoms with Crippen LogP contribution in [-0.4, -0.2) is 57.8 Å². The zero-order valence-corrected chi connectivity index (χ0v) is 17.0. The third kappa shape index (κ3) is 5.87. The second-order valence-electron chi connectivity index (χ2n) is 6.78. The van der Waals surface area contributed by atoms with Gasteiger partial charge < -0.3 is 14.5 Å². The van der Waals surface area contributed by atoms with Crippen molar-refractivity contribution in [2.24, 2.45) is 0 Å². The average Bonchev–Trinajstić information content (AvgIpc) is 2.71. The molecule has 6 nitrogen and oxygen atoms in total. The third-order valence-electron chi connectivity index (χ3n) is 4.69. The lowest BCUT2D eigenvalue weighted by atomic mass is 10.2. The van der Waals surface area contributed by atoms with Gasteiger partial charge in [-0.3, -0.25) is 13.8 Å². The van der Waals surface area contributed by atoms with E-state index in [0.717, 1.165) is 0 Å². The van der Waals surface area contributed by atoms with Crippen LogP contribution in [0.1, 0.15) is 12.5 Å². The number of piperazine rings is 1. The van der Waals surface area contributed by atoms with E-state index in [-0.39, 0.29) is 29.1 Å². The normalized spacial score (nSPS) is 15.1. The molecule has 0 radical (unpaired) electrons. The van der Waals surface area contributed by atoms with Crippen LogP contribution in [0.2, 0.25) is 0 Å². The van der Waals surface area contributed by atoms with Crippen molar-refractivity contribution in [1.29, 1.82) is 0 Å². The smallest absolute Gasteiger partial charge is 0.235 e. The van der Waals surface area contributed by atoms with Gasteiger partial charge in [-0.25, -0.2) is 4.39 Å². The summed E-state index contributed by atoms with van der Waals surface area (Å²) >= 11 is 0. The van der Waals surface area contributed by atoms with Crippen molar-refractivity contribution in [2.75, 3.05) is 31.9 Å². The van der Waals surface area contributed by atoms with E-state index in [0.29, 0.717) is 43.2 Å². The first kappa shape index (κ1) is 21.0. The quantitative estimate of drug-likeness (QED) is 0.723. The monoisotopic (exact) mass is 418 g/mol. The molecule has 154 valence electrons. The Labute approximate surface area is 171 Å². The molecule has 1 heterocycles. The summed E-state index contributed by atoms with van der Waals surface area (Å²) < 4.78 is 31.4. The molecular formula is C21H23FN2O4S. The first-order valence-electron chi connectivity index (χ1n) is 9.32. The van der Waals surface area contributed by atoms with Gasteiger partial charge >= 0.3 is 0 Å². The van der Waals surface area contributed by atoms with E-state index in [2.05, 4.69) is 0 Å². The lowest BCUT2D eigenvalue weighted by molar-refractivity contribution is -0.136. The maximum atomic E-state index is 13.1. The van der Waals surface area contributed by atoms with Gasteiger partial charge in [0.2, 0.25) is 11.8 Å². The summed E-state index contributed by atoms with van der Waals surface area (Å²) in [7, 11) is -1.40. The van der Waals surface area contributed by atoms with Crippen molar-refractivity contribution in [1.82, 2.24) is 9.80 Å². The fraction of sp³-hybridized carbons (Fsp3) is 0.333. The van der Waals surface area contributed by atoms with Crippen LogP contribution in [0.5, 0.6) is 11.5 Å². The van der Waals surface area contributed by atoms with Crippen molar-refractivity contribution in [3.63, 3.8) is 0 Å². The Kier molecular flexibility index (Phi) is 6.98. The number of hydrogen-bond acceptors (Lipinski definition) is 4. The number of ether oxygens (including phenoxy) is 1. The zero-order valence-electron chi connectivity index (χ0n) is 16.2. The summed E-state index contributed by atoms with van der Waals surface area (Å²) in [6.07, 6.45) is 0. The fourth-order valence-electron chi connectivity index (χ4n) is 3.08. The van der Waals surface area contributed by atoms with E-state index in [1.807, 2.05) is 6.07 Å². The molecule has 1 saturated heterocycles. The highest BCUT2D eigenvalue weighted by atomic mass is 32.2. The van der Waals surface area contributed by atoms with Crippen LogP contribution < -0.4 is 4.74 Å². The molecule has 0 N–H and O–H groups in total. The second-order valence-corrected chi connectivity index (χ2v) is 8.24. The summed E-state index contributed by atoms with van der Waals surface area (Å²) in [5.41, 5.74) is 0.712. The van der Waals surface area contributed by atoms with E-state index in [9.17, 15) is 18.2 Å². The van der Waals surface area contributed by atoms with Gasteiger partial charge in [-0.1, -0.05) is 18.2 Å². The molecule has 2 aromatic carbocycles. The molecule has 1 fully saturated rings. The number of halogens is 1. The van der Waals surface area contributed by atoms with Crippen molar-refractivity contribution in [2.45, 2.75) is 12.7 Å². The zero-order chi connectivity index (χ0) is 20.8. The maximum Gasteiger partial charge on any atom is 0.235 e. The van der Waals surface area contributed by atoms with Crippen LogP contribution in [-0.2, 0) is 26.1 Å². The van der Waals surface area contributed by atoms with Gasteiger partial charge in [-0.2, -0.15) is 0 Å². The van der Waals surface area contributed by atoms with Crippen LogP contribution >= 0.6 is 0 Å². The van der Waals surface area contributed by atoms with E-state index >= 15 is 0 Å². The van der Waals surface area contributed by atoms with Crippen LogP contribution in [0.15, 0.2) is 48.5 Å². The SMILES string of the molecule is CC(=O)N1CCN(C(=O)CS(=O)Cc2ccccc2Oc2ccc(F)cc2)CC1. The number of nitrogens with zero attached hydrogens (tertiary/aromatic N) is 2. The summed E-state index contributed by atoms with van der Waals surface area (Å²) in [5, 5.41) is 0. The molecule has 0 aromatic heterocycles. The predicted molar refractivity (Wildman–Crippen MR) is 108 cm³/mol. The largest absolute Gasteiger partial charge is 0.457 e. The van der Waals surface area contributed by atoms with E-state index in [1.54, 1.807) is 28.0 Å². The van der Waals surface area contributed by atoms with Crippen molar-refractivity contribution >= 4 is 22.6 Å². The third-order valence-corrected chi connectivity index (χ3v) is 5.89. The minimum absolute atomic E-state index is 0.00145. The number of carbonyl (C=O) groups is 2. The Bertz CT molecular complexity index is 896. The van der Waals surface area contributed by atoms with Crippen molar-refractivity contribution in [3.8, 4) is 11.5 Å². The first-order chi connectivity index (χ1) is 13.9. The van der Waals surface area contributed by atoms with Crippen LogP contribution in [0.3, 0.4) is 0 Å². The number of amides is 2. The number of para-hydroxylation sites is 1. The van der Waals surface area contributed by atoms with E-state index in [4.69, 9.17) is 4.74 Å². The molecule has 0 aliphatic carbocycles.